The van der Waals surface area contributed by atoms with Crippen LogP contribution in [0.5, 0.6) is 5.75 Å². The number of rotatable bonds is 3. The van der Waals surface area contributed by atoms with Crippen molar-refractivity contribution < 1.29 is 23.4 Å². The lowest BCUT2D eigenvalue weighted by Crippen LogP contribution is -2.36. The highest BCUT2D eigenvalue weighted by atomic mass is 19.3. The molecule has 1 atom stereocenters. The van der Waals surface area contributed by atoms with Crippen LogP contribution in [0.1, 0.15) is 11.6 Å². The number of aliphatic hydroxyl groups is 1. The van der Waals surface area contributed by atoms with E-state index in [9.17, 15) is 13.2 Å². The number of halogens is 3. The van der Waals surface area contributed by atoms with Gasteiger partial charge in [-0.15, -0.1) is 0 Å². The van der Waals surface area contributed by atoms with Gasteiger partial charge in [0.15, 0.2) is 11.6 Å². The zero-order valence-electron chi connectivity index (χ0n) is 7.62. The molecule has 0 unspecified atom stereocenters. The van der Waals surface area contributed by atoms with E-state index in [1.165, 1.54) is 0 Å². The summed E-state index contributed by atoms with van der Waals surface area (Å²) in [5, 5.41) is 17.2. The standard InChI is InChI=1S/C9H10F3NO2/c10-6-3-5(1-2-7(6)15)8(13)9(11,12)4-14/h1-3,8,14-15H,4,13H2/t8-/m1/s1. The third-order valence-corrected chi connectivity index (χ3v) is 2.00. The highest BCUT2D eigenvalue weighted by Crippen LogP contribution is 2.30. The highest BCUT2D eigenvalue weighted by molar-refractivity contribution is 5.30. The van der Waals surface area contributed by atoms with Gasteiger partial charge in [-0.2, -0.15) is 0 Å². The van der Waals surface area contributed by atoms with Crippen molar-refractivity contribution in [2.24, 2.45) is 5.73 Å². The van der Waals surface area contributed by atoms with Crippen LogP contribution in [0.2, 0.25) is 0 Å². The molecule has 0 saturated heterocycles. The van der Waals surface area contributed by atoms with Crippen LogP contribution in [0.25, 0.3) is 0 Å². The van der Waals surface area contributed by atoms with Crippen molar-refractivity contribution in [1.29, 1.82) is 0 Å². The fourth-order valence-electron chi connectivity index (χ4n) is 1.06. The Hall–Kier alpha value is -1.27. The quantitative estimate of drug-likeness (QED) is 0.717. The van der Waals surface area contributed by atoms with Crippen molar-refractivity contribution in [3.63, 3.8) is 0 Å². The van der Waals surface area contributed by atoms with Gasteiger partial charge in [0, 0.05) is 0 Å². The molecule has 0 amide bonds. The molecule has 1 aromatic rings. The summed E-state index contributed by atoms with van der Waals surface area (Å²) in [6, 6.07) is 0.909. The molecule has 1 aromatic carbocycles. The van der Waals surface area contributed by atoms with Crippen molar-refractivity contribution in [3.8, 4) is 5.75 Å². The van der Waals surface area contributed by atoms with Gasteiger partial charge in [0.1, 0.15) is 6.61 Å². The van der Waals surface area contributed by atoms with Crippen molar-refractivity contribution in [2.75, 3.05) is 6.61 Å². The van der Waals surface area contributed by atoms with Crippen LogP contribution in [-0.2, 0) is 0 Å². The summed E-state index contributed by atoms with van der Waals surface area (Å²) in [5.74, 6) is -5.20. The highest BCUT2D eigenvalue weighted by Gasteiger charge is 2.37. The van der Waals surface area contributed by atoms with Gasteiger partial charge < -0.3 is 15.9 Å². The van der Waals surface area contributed by atoms with E-state index in [1.807, 2.05) is 0 Å². The van der Waals surface area contributed by atoms with E-state index in [2.05, 4.69) is 0 Å². The number of phenolic OH excluding ortho intramolecular Hbond substituents is 1. The van der Waals surface area contributed by atoms with E-state index < -0.39 is 30.1 Å². The van der Waals surface area contributed by atoms with Crippen LogP contribution in [-0.4, -0.2) is 22.7 Å². The zero-order chi connectivity index (χ0) is 11.6. The topological polar surface area (TPSA) is 66.5 Å². The van der Waals surface area contributed by atoms with Crippen LogP contribution in [0.4, 0.5) is 13.2 Å². The molecule has 0 fully saturated rings. The molecule has 0 bridgehead atoms. The van der Waals surface area contributed by atoms with Gasteiger partial charge in [-0.1, -0.05) is 6.07 Å². The van der Waals surface area contributed by atoms with Gasteiger partial charge in [-0.3, -0.25) is 0 Å². The first kappa shape index (κ1) is 11.8. The summed E-state index contributed by atoms with van der Waals surface area (Å²) < 4.78 is 38.6. The lowest BCUT2D eigenvalue weighted by molar-refractivity contribution is -0.0712. The average Bonchev–Trinajstić information content (AvgIpc) is 2.21. The van der Waals surface area contributed by atoms with E-state index in [-0.39, 0.29) is 5.56 Å². The Morgan fingerprint density at radius 3 is 2.47 bits per heavy atom. The number of hydrogen-bond donors (Lipinski definition) is 3. The van der Waals surface area contributed by atoms with Crippen molar-refractivity contribution in [3.05, 3.63) is 29.6 Å². The summed E-state index contributed by atoms with van der Waals surface area (Å²) in [4.78, 5) is 0. The molecule has 0 saturated carbocycles. The number of benzene rings is 1. The van der Waals surface area contributed by atoms with Gasteiger partial charge in [0.25, 0.3) is 5.92 Å². The SMILES string of the molecule is N[C@H](c1ccc(O)c(F)c1)C(F)(F)CO. The van der Waals surface area contributed by atoms with E-state index in [0.717, 1.165) is 12.1 Å². The number of alkyl halides is 2. The Bertz CT molecular complexity index is 357. The van der Waals surface area contributed by atoms with Gasteiger partial charge >= 0.3 is 0 Å². The molecule has 0 radical (unpaired) electrons. The maximum Gasteiger partial charge on any atom is 0.289 e. The molecule has 0 aliphatic rings. The van der Waals surface area contributed by atoms with Crippen LogP contribution < -0.4 is 5.73 Å². The molecule has 1 rings (SSSR count). The lowest BCUT2D eigenvalue weighted by atomic mass is 10.0. The first-order valence-corrected chi connectivity index (χ1v) is 4.11. The first-order valence-electron chi connectivity index (χ1n) is 4.11. The fourth-order valence-corrected chi connectivity index (χ4v) is 1.06. The van der Waals surface area contributed by atoms with Crippen molar-refractivity contribution in [1.82, 2.24) is 0 Å². The molecule has 0 aliphatic heterocycles. The van der Waals surface area contributed by atoms with Crippen LogP contribution >= 0.6 is 0 Å². The zero-order valence-corrected chi connectivity index (χ0v) is 7.62. The van der Waals surface area contributed by atoms with Gasteiger partial charge in [-0.25, -0.2) is 13.2 Å². The van der Waals surface area contributed by atoms with Gasteiger partial charge in [0.05, 0.1) is 6.04 Å². The second-order valence-corrected chi connectivity index (χ2v) is 3.11. The van der Waals surface area contributed by atoms with Crippen LogP contribution in [0.3, 0.4) is 0 Å². The monoisotopic (exact) mass is 221 g/mol. The third kappa shape index (κ3) is 2.40. The summed E-state index contributed by atoms with van der Waals surface area (Å²) in [6.07, 6.45) is 0. The van der Waals surface area contributed by atoms with E-state index in [0.29, 0.717) is 6.07 Å². The minimum absolute atomic E-state index is 0.190. The third-order valence-electron chi connectivity index (χ3n) is 2.00. The normalized spacial score (nSPS) is 13.9. The Kier molecular flexibility index (Phi) is 3.21. The smallest absolute Gasteiger partial charge is 0.289 e. The summed E-state index contributed by atoms with van der Waals surface area (Å²) in [5.41, 5.74) is 4.95. The van der Waals surface area contributed by atoms with Crippen LogP contribution in [0.15, 0.2) is 18.2 Å². The number of aromatic hydroxyl groups is 1. The molecule has 6 heteroatoms. The fraction of sp³-hybridized carbons (Fsp3) is 0.333. The average molecular weight is 221 g/mol. The van der Waals surface area contributed by atoms with Gasteiger partial charge in [-0.05, 0) is 17.7 Å². The number of aliphatic hydroxyl groups excluding tert-OH is 1. The maximum absolute atomic E-state index is 12.9. The Balaban J connectivity index is 3.02. The summed E-state index contributed by atoms with van der Waals surface area (Å²) in [7, 11) is 0. The molecule has 84 valence electrons. The molecule has 15 heavy (non-hydrogen) atoms. The Morgan fingerprint density at radius 2 is 2.00 bits per heavy atom. The second-order valence-electron chi connectivity index (χ2n) is 3.11. The Morgan fingerprint density at radius 1 is 1.40 bits per heavy atom. The van der Waals surface area contributed by atoms with Crippen LogP contribution in [0, 0.1) is 5.82 Å². The number of nitrogens with two attached hydrogens (primary N) is 1. The Labute approximate surface area is 84.0 Å². The molecular weight excluding hydrogens is 211 g/mol. The molecule has 0 aliphatic carbocycles. The summed E-state index contributed by atoms with van der Waals surface area (Å²) >= 11 is 0. The van der Waals surface area contributed by atoms with E-state index in [1.54, 1.807) is 0 Å². The predicted octanol–water partition coefficient (Wildman–Crippen LogP) is 1.16. The molecular formula is C9H10F3NO2. The lowest BCUT2D eigenvalue weighted by Gasteiger charge is -2.21. The predicted molar refractivity (Wildman–Crippen MR) is 47.0 cm³/mol. The number of hydrogen-bond acceptors (Lipinski definition) is 3. The summed E-state index contributed by atoms with van der Waals surface area (Å²) in [6.45, 7) is -1.42. The largest absolute Gasteiger partial charge is 0.505 e. The molecule has 0 heterocycles. The molecule has 0 spiro atoms. The minimum Gasteiger partial charge on any atom is -0.505 e. The maximum atomic E-state index is 12.9. The first-order chi connectivity index (χ1) is 6.88. The van der Waals surface area contributed by atoms with E-state index >= 15 is 0 Å². The molecule has 3 nitrogen and oxygen atoms in total. The minimum atomic E-state index is -3.52. The van der Waals surface area contributed by atoms with Crippen molar-refractivity contribution >= 4 is 0 Å². The number of phenols is 1. The second kappa shape index (κ2) is 4.08. The molecule has 0 aromatic heterocycles. The van der Waals surface area contributed by atoms with Gasteiger partial charge in [0.2, 0.25) is 0 Å². The van der Waals surface area contributed by atoms with Crippen molar-refractivity contribution in [2.45, 2.75) is 12.0 Å². The molecule has 4 N–H and O–H groups in total. The van der Waals surface area contributed by atoms with E-state index in [4.69, 9.17) is 15.9 Å².